The summed E-state index contributed by atoms with van der Waals surface area (Å²) >= 11 is 5.84. The summed E-state index contributed by atoms with van der Waals surface area (Å²) in [5, 5.41) is 0.806. The normalized spacial score (nSPS) is 20.7. The minimum atomic E-state index is 0.524. The van der Waals surface area contributed by atoms with Gasteiger partial charge >= 0.3 is 0 Å². The molecule has 1 aromatic rings. The largest absolute Gasteiger partial charge is 0.126 e. The minimum Gasteiger partial charge on any atom is -0.126 e. The quantitative estimate of drug-likeness (QED) is 0.598. The van der Waals surface area contributed by atoms with E-state index in [2.05, 4.69) is 30.9 Å². The third kappa shape index (κ3) is 2.09. The fourth-order valence-electron chi connectivity index (χ4n) is 1.74. The fraction of sp³-hybridized carbons (Fsp3) is 0.308. The molecule has 0 fully saturated rings. The van der Waals surface area contributed by atoms with Crippen LogP contribution in [0.25, 0.3) is 0 Å². The first-order valence-corrected chi connectivity index (χ1v) is 5.31. The highest BCUT2D eigenvalue weighted by Crippen LogP contribution is 2.28. The van der Waals surface area contributed by atoms with Crippen molar-refractivity contribution in [1.82, 2.24) is 0 Å². The van der Waals surface area contributed by atoms with E-state index < -0.39 is 0 Å². The standard InChI is InChI=1S/C13H13Cl/c1-10-2-4-11(5-3-10)12-6-8-13(14)9-7-12/h5-9,11H,2,4H2,1H3. The fourth-order valence-corrected chi connectivity index (χ4v) is 1.87. The number of benzene rings is 1. The second kappa shape index (κ2) is 4.04. The summed E-state index contributed by atoms with van der Waals surface area (Å²) in [5.41, 5.74) is 6.00. The molecule has 0 bridgehead atoms. The van der Waals surface area contributed by atoms with Crippen LogP contribution >= 0.6 is 11.6 Å². The Morgan fingerprint density at radius 2 is 2.00 bits per heavy atom. The molecule has 0 nitrogen and oxygen atoms in total. The van der Waals surface area contributed by atoms with Crippen molar-refractivity contribution in [2.24, 2.45) is 0 Å². The molecule has 2 rings (SSSR count). The van der Waals surface area contributed by atoms with Crippen molar-refractivity contribution < 1.29 is 0 Å². The topological polar surface area (TPSA) is 0 Å². The van der Waals surface area contributed by atoms with Gasteiger partial charge in [0.25, 0.3) is 0 Å². The summed E-state index contributed by atoms with van der Waals surface area (Å²) in [4.78, 5) is 0. The Bertz CT molecular complexity index is 380. The molecule has 0 aromatic heterocycles. The molecule has 1 unspecified atom stereocenters. The predicted octanol–water partition coefficient (Wildman–Crippen LogP) is 4.32. The van der Waals surface area contributed by atoms with Gasteiger partial charge in [-0.25, -0.2) is 0 Å². The van der Waals surface area contributed by atoms with Gasteiger partial charge in [0.2, 0.25) is 0 Å². The van der Waals surface area contributed by atoms with Crippen molar-refractivity contribution in [3.05, 3.63) is 52.2 Å². The van der Waals surface area contributed by atoms with Crippen LogP contribution < -0.4 is 0 Å². The van der Waals surface area contributed by atoms with E-state index in [1.807, 2.05) is 12.1 Å². The Labute approximate surface area is 89.9 Å². The van der Waals surface area contributed by atoms with E-state index in [1.165, 1.54) is 17.6 Å². The zero-order valence-electron chi connectivity index (χ0n) is 8.26. The van der Waals surface area contributed by atoms with Crippen LogP contribution in [0.4, 0.5) is 0 Å². The van der Waals surface area contributed by atoms with Crippen LogP contribution in [0.15, 0.2) is 41.6 Å². The zero-order chi connectivity index (χ0) is 9.97. The number of rotatable bonds is 1. The number of hydrogen-bond acceptors (Lipinski definition) is 0. The minimum absolute atomic E-state index is 0.524. The van der Waals surface area contributed by atoms with E-state index in [-0.39, 0.29) is 0 Å². The van der Waals surface area contributed by atoms with Gasteiger partial charge in [0.1, 0.15) is 0 Å². The van der Waals surface area contributed by atoms with Crippen molar-refractivity contribution in [2.45, 2.75) is 25.7 Å². The van der Waals surface area contributed by atoms with Gasteiger partial charge in [-0.15, -0.1) is 5.73 Å². The maximum absolute atomic E-state index is 5.84. The lowest BCUT2D eigenvalue weighted by atomic mass is 9.89. The molecular formula is C13H13Cl. The van der Waals surface area contributed by atoms with E-state index >= 15 is 0 Å². The van der Waals surface area contributed by atoms with Crippen molar-refractivity contribution in [3.8, 4) is 0 Å². The van der Waals surface area contributed by atoms with Crippen molar-refractivity contribution >= 4 is 11.6 Å². The van der Waals surface area contributed by atoms with Crippen LogP contribution in [0.2, 0.25) is 5.02 Å². The summed E-state index contributed by atoms with van der Waals surface area (Å²) in [6.07, 6.45) is 4.52. The van der Waals surface area contributed by atoms with E-state index in [9.17, 15) is 0 Å². The van der Waals surface area contributed by atoms with Crippen LogP contribution in [0.5, 0.6) is 0 Å². The van der Waals surface area contributed by atoms with Gasteiger partial charge in [-0.1, -0.05) is 23.7 Å². The van der Waals surface area contributed by atoms with Crippen LogP contribution in [0, 0.1) is 0 Å². The van der Waals surface area contributed by atoms with Gasteiger partial charge < -0.3 is 0 Å². The van der Waals surface area contributed by atoms with Gasteiger partial charge in [-0.3, -0.25) is 0 Å². The predicted molar refractivity (Wildman–Crippen MR) is 60.7 cm³/mol. The van der Waals surface area contributed by atoms with Crippen LogP contribution in [-0.2, 0) is 0 Å². The van der Waals surface area contributed by atoms with Crippen LogP contribution in [-0.4, -0.2) is 0 Å². The molecule has 72 valence electrons. The highest BCUT2D eigenvalue weighted by atomic mass is 35.5. The molecule has 0 amide bonds. The van der Waals surface area contributed by atoms with Gasteiger partial charge in [-0.2, -0.15) is 0 Å². The molecular weight excluding hydrogens is 192 g/mol. The van der Waals surface area contributed by atoms with E-state index in [0.717, 1.165) is 11.4 Å². The van der Waals surface area contributed by atoms with Gasteiger partial charge in [0, 0.05) is 10.9 Å². The highest BCUT2D eigenvalue weighted by Gasteiger charge is 2.10. The van der Waals surface area contributed by atoms with Crippen LogP contribution in [0.3, 0.4) is 0 Å². The molecule has 1 aliphatic rings. The van der Waals surface area contributed by atoms with E-state index in [4.69, 9.17) is 11.6 Å². The second-order valence-electron chi connectivity index (χ2n) is 3.79. The zero-order valence-corrected chi connectivity index (χ0v) is 9.01. The molecule has 0 N–H and O–H groups in total. The third-order valence-corrected chi connectivity index (χ3v) is 2.91. The highest BCUT2D eigenvalue weighted by molar-refractivity contribution is 6.30. The first-order valence-electron chi connectivity index (χ1n) is 4.93. The number of hydrogen-bond donors (Lipinski definition) is 0. The van der Waals surface area contributed by atoms with Crippen molar-refractivity contribution in [2.75, 3.05) is 0 Å². The van der Waals surface area contributed by atoms with Gasteiger partial charge in [-0.05, 0) is 49.1 Å². The molecule has 0 saturated carbocycles. The Kier molecular flexibility index (Phi) is 2.77. The molecule has 0 aliphatic heterocycles. The third-order valence-electron chi connectivity index (χ3n) is 2.66. The number of allylic oxidation sites excluding steroid dienone is 1. The Morgan fingerprint density at radius 1 is 1.29 bits per heavy atom. The van der Waals surface area contributed by atoms with E-state index in [0.29, 0.717) is 5.92 Å². The SMILES string of the molecule is CC1=C=CC(c2ccc(Cl)cc2)CC1. The Morgan fingerprint density at radius 3 is 2.57 bits per heavy atom. The van der Waals surface area contributed by atoms with Crippen LogP contribution in [0.1, 0.15) is 31.2 Å². The van der Waals surface area contributed by atoms with Gasteiger partial charge in [0.15, 0.2) is 0 Å². The smallest absolute Gasteiger partial charge is 0.0406 e. The summed E-state index contributed by atoms with van der Waals surface area (Å²) in [7, 11) is 0. The first-order chi connectivity index (χ1) is 6.75. The average molecular weight is 205 g/mol. The Balaban J connectivity index is 2.25. The maximum atomic E-state index is 5.84. The van der Waals surface area contributed by atoms with Crippen molar-refractivity contribution in [1.29, 1.82) is 0 Å². The second-order valence-corrected chi connectivity index (χ2v) is 4.22. The molecule has 14 heavy (non-hydrogen) atoms. The monoisotopic (exact) mass is 204 g/mol. The molecule has 1 atom stereocenters. The number of halogens is 1. The molecule has 1 aromatic carbocycles. The lowest BCUT2D eigenvalue weighted by Gasteiger charge is -2.15. The summed E-state index contributed by atoms with van der Waals surface area (Å²) in [6.45, 7) is 2.13. The molecule has 1 aliphatic carbocycles. The first kappa shape index (κ1) is 9.58. The molecule has 1 heteroatoms. The lowest BCUT2D eigenvalue weighted by Crippen LogP contribution is -1.98. The summed E-state index contributed by atoms with van der Waals surface area (Å²) < 4.78 is 0. The molecule has 0 heterocycles. The lowest BCUT2D eigenvalue weighted by molar-refractivity contribution is 0.716. The maximum Gasteiger partial charge on any atom is 0.0406 e. The van der Waals surface area contributed by atoms with Gasteiger partial charge in [0.05, 0.1) is 0 Å². The van der Waals surface area contributed by atoms with E-state index in [1.54, 1.807) is 0 Å². The molecule has 0 spiro atoms. The summed E-state index contributed by atoms with van der Waals surface area (Å²) in [5.74, 6) is 0.524. The summed E-state index contributed by atoms with van der Waals surface area (Å²) in [6, 6.07) is 8.11. The molecule has 0 radical (unpaired) electrons. The average Bonchev–Trinajstić information content (AvgIpc) is 2.21. The Hall–Kier alpha value is -0.970. The molecule has 0 saturated heterocycles. The van der Waals surface area contributed by atoms with Crippen molar-refractivity contribution in [3.63, 3.8) is 0 Å².